The maximum Gasteiger partial charge on any atom is 0.408 e. The summed E-state index contributed by atoms with van der Waals surface area (Å²) < 4.78 is 24.8. The topological polar surface area (TPSA) is 124 Å². The second-order valence-corrected chi connectivity index (χ2v) is 5.79. The third kappa shape index (κ3) is 3.30. The molecule has 0 spiro atoms. The van der Waals surface area contributed by atoms with Gasteiger partial charge in [0.15, 0.2) is 0 Å². The first-order valence-corrected chi connectivity index (χ1v) is 6.64. The second kappa shape index (κ2) is 4.88. The minimum atomic E-state index is -3.46. The van der Waals surface area contributed by atoms with Gasteiger partial charge in [-0.2, -0.15) is 0 Å². The van der Waals surface area contributed by atoms with Crippen LogP contribution in [0.1, 0.15) is 13.3 Å². The Hall–Kier alpha value is -1.35. The van der Waals surface area contributed by atoms with E-state index in [1.807, 2.05) is 0 Å². The summed E-state index contributed by atoms with van der Waals surface area (Å²) in [5, 5.41) is 17.6. The molecule has 1 amide bonds. The second-order valence-electron chi connectivity index (χ2n) is 3.74. The Morgan fingerprint density at radius 2 is 2.00 bits per heavy atom. The van der Waals surface area contributed by atoms with Gasteiger partial charge in [0.25, 0.3) is 0 Å². The van der Waals surface area contributed by atoms with Crippen LogP contribution < -0.4 is 4.72 Å². The minimum absolute atomic E-state index is 0.0547. The summed E-state index contributed by atoms with van der Waals surface area (Å²) in [4.78, 5) is 22.3. The predicted octanol–water partition coefficient (Wildman–Crippen LogP) is -0.869. The van der Waals surface area contributed by atoms with E-state index in [4.69, 9.17) is 10.2 Å². The van der Waals surface area contributed by atoms with Crippen LogP contribution in [0.2, 0.25) is 0 Å². The van der Waals surface area contributed by atoms with Gasteiger partial charge in [0.05, 0.1) is 5.75 Å². The zero-order valence-corrected chi connectivity index (χ0v) is 9.98. The first-order chi connectivity index (χ1) is 7.76. The molecule has 8 nitrogen and oxygen atoms in total. The Morgan fingerprint density at radius 3 is 2.35 bits per heavy atom. The Labute approximate surface area is 98.3 Å². The molecule has 3 N–H and O–H groups in total. The van der Waals surface area contributed by atoms with Crippen LogP contribution in [-0.2, 0) is 14.8 Å². The summed E-state index contributed by atoms with van der Waals surface area (Å²) in [5.41, 5.74) is 0. The smallest absolute Gasteiger partial charge is 0.408 e. The van der Waals surface area contributed by atoms with E-state index in [2.05, 4.69) is 4.72 Å². The molecule has 0 saturated carbocycles. The van der Waals surface area contributed by atoms with Crippen LogP contribution in [0, 0.1) is 0 Å². The lowest BCUT2D eigenvalue weighted by molar-refractivity contribution is -0.141. The van der Waals surface area contributed by atoms with E-state index < -0.39 is 34.2 Å². The summed E-state index contributed by atoms with van der Waals surface area (Å²) in [6.07, 6.45) is -1.42. The van der Waals surface area contributed by atoms with Crippen molar-refractivity contribution in [1.29, 1.82) is 0 Å². The number of sulfonamides is 1. The predicted molar refractivity (Wildman–Crippen MR) is 57.2 cm³/mol. The number of rotatable bonds is 4. The van der Waals surface area contributed by atoms with E-state index >= 15 is 0 Å². The molecule has 2 atom stereocenters. The van der Waals surface area contributed by atoms with Gasteiger partial charge in [0, 0.05) is 12.6 Å². The lowest BCUT2D eigenvalue weighted by Crippen LogP contribution is -2.40. The van der Waals surface area contributed by atoms with E-state index in [-0.39, 0.29) is 18.7 Å². The van der Waals surface area contributed by atoms with Crippen molar-refractivity contribution in [1.82, 2.24) is 9.62 Å². The van der Waals surface area contributed by atoms with Gasteiger partial charge in [-0.25, -0.2) is 22.7 Å². The molecule has 1 saturated heterocycles. The first kappa shape index (κ1) is 13.7. The zero-order valence-electron chi connectivity index (χ0n) is 9.16. The SMILES string of the molecule is CCS(=O)(=O)N[C@H]1C[C@@H](C(=O)O)N(C(=O)O)C1. The molecule has 0 bridgehead atoms. The highest BCUT2D eigenvalue weighted by Crippen LogP contribution is 2.18. The summed E-state index contributed by atoms with van der Waals surface area (Å²) in [5.74, 6) is -1.40. The van der Waals surface area contributed by atoms with Crippen molar-refractivity contribution in [2.24, 2.45) is 0 Å². The number of carboxylic acids is 1. The molecule has 1 heterocycles. The molecule has 1 aliphatic heterocycles. The molecule has 0 unspecified atom stereocenters. The van der Waals surface area contributed by atoms with E-state index in [1.54, 1.807) is 0 Å². The molecular weight excluding hydrogens is 252 g/mol. The van der Waals surface area contributed by atoms with Gasteiger partial charge >= 0.3 is 12.1 Å². The van der Waals surface area contributed by atoms with Crippen molar-refractivity contribution in [2.75, 3.05) is 12.3 Å². The van der Waals surface area contributed by atoms with Gasteiger partial charge in [-0.1, -0.05) is 0 Å². The quantitative estimate of drug-likeness (QED) is 0.607. The number of likely N-dealkylation sites (tertiary alicyclic amines) is 1. The standard InChI is InChI=1S/C8H14N2O6S/c1-2-17(15,16)9-5-3-6(7(11)12)10(4-5)8(13)14/h5-6,9H,2-4H2,1H3,(H,11,12)(H,13,14)/t5-,6-/m0/s1. The van der Waals surface area contributed by atoms with Gasteiger partial charge < -0.3 is 10.2 Å². The fourth-order valence-electron chi connectivity index (χ4n) is 1.70. The Bertz CT molecular complexity index is 398. The summed E-state index contributed by atoms with van der Waals surface area (Å²) >= 11 is 0. The molecule has 17 heavy (non-hydrogen) atoms. The first-order valence-electron chi connectivity index (χ1n) is 4.99. The van der Waals surface area contributed by atoms with Gasteiger partial charge in [-0.15, -0.1) is 0 Å². The highest BCUT2D eigenvalue weighted by Gasteiger charge is 2.40. The molecular formula is C8H14N2O6S. The molecule has 1 rings (SSSR count). The summed E-state index contributed by atoms with van der Waals surface area (Å²) in [7, 11) is -3.46. The van der Waals surface area contributed by atoms with Crippen LogP contribution >= 0.6 is 0 Å². The molecule has 0 aliphatic carbocycles. The van der Waals surface area contributed by atoms with Crippen LogP contribution in [0.3, 0.4) is 0 Å². The molecule has 98 valence electrons. The molecule has 9 heteroatoms. The molecule has 0 aromatic heterocycles. The van der Waals surface area contributed by atoms with Crippen LogP contribution in [0.15, 0.2) is 0 Å². The van der Waals surface area contributed by atoms with E-state index in [1.165, 1.54) is 6.92 Å². The summed E-state index contributed by atoms with van der Waals surface area (Å²) in [6, 6.07) is -1.88. The zero-order chi connectivity index (χ0) is 13.2. The third-order valence-electron chi connectivity index (χ3n) is 2.56. The van der Waals surface area contributed by atoms with Crippen LogP contribution in [0.5, 0.6) is 0 Å². The number of nitrogens with zero attached hydrogens (tertiary/aromatic N) is 1. The molecule has 0 aromatic rings. The Kier molecular flexibility index (Phi) is 3.94. The van der Waals surface area contributed by atoms with Gasteiger partial charge in [0.2, 0.25) is 10.0 Å². The molecule has 1 aliphatic rings. The maximum atomic E-state index is 11.3. The van der Waals surface area contributed by atoms with Crippen molar-refractivity contribution >= 4 is 22.1 Å². The Morgan fingerprint density at radius 1 is 1.41 bits per heavy atom. The maximum absolute atomic E-state index is 11.3. The van der Waals surface area contributed by atoms with Gasteiger partial charge in [0.1, 0.15) is 6.04 Å². The molecule has 0 radical (unpaired) electrons. The number of nitrogens with one attached hydrogen (secondary N) is 1. The summed E-state index contributed by atoms with van der Waals surface area (Å²) in [6.45, 7) is 1.30. The average molecular weight is 266 g/mol. The number of hydrogen-bond acceptors (Lipinski definition) is 4. The number of hydrogen-bond donors (Lipinski definition) is 3. The van der Waals surface area contributed by atoms with Crippen molar-refractivity contribution in [3.63, 3.8) is 0 Å². The fourth-order valence-corrected chi connectivity index (χ4v) is 2.55. The van der Waals surface area contributed by atoms with Crippen molar-refractivity contribution in [3.8, 4) is 0 Å². The largest absolute Gasteiger partial charge is 0.480 e. The van der Waals surface area contributed by atoms with Crippen LogP contribution in [-0.4, -0.2) is 60.0 Å². The van der Waals surface area contributed by atoms with E-state index in [9.17, 15) is 18.0 Å². The number of carboxylic acid groups (broad SMARTS) is 2. The lowest BCUT2D eigenvalue weighted by Gasteiger charge is -2.16. The number of amides is 1. The number of carbonyl (C=O) groups is 2. The fraction of sp³-hybridized carbons (Fsp3) is 0.750. The van der Waals surface area contributed by atoms with E-state index in [0.29, 0.717) is 0 Å². The highest BCUT2D eigenvalue weighted by molar-refractivity contribution is 7.89. The lowest BCUT2D eigenvalue weighted by atomic mass is 10.2. The van der Waals surface area contributed by atoms with Crippen LogP contribution in [0.4, 0.5) is 4.79 Å². The number of aliphatic carboxylic acids is 1. The molecule has 0 aromatic carbocycles. The normalized spacial score (nSPS) is 24.9. The van der Waals surface area contributed by atoms with Crippen molar-refractivity contribution < 1.29 is 28.2 Å². The molecule has 1 fully saturated rings. The minimum Gasteiger partial charge on any atom is -0.480 e. The monoisotopic (exact) mass is 266 g/mol. The van der Waals surface area contributed by atoms with E-state index in [0.717, 1.165) is 4.90 Å². The van der Waals surface area contributed by atoms with Gasteiger partial charge in [-0.05, 0) is 13.3 Å². The van der Waals surface area contributed by atoms with Crippen molar-refractivity contribution in [2.45, 2.75) is 25.4 Å². The van der Waals surface area contributed by atoms with Gasteiger partial charge in [-0.3, -0.25) is 4.90 Å². The third-order valence-corrected chi connectivity index (χ3v) is 4.01. The Balaban J connectivity index is 2.76. The average Bonchev–Trinajstić information content (AvgIpc) is 2.61. The van der Waals surface area contributed by atoms with Crippen LogP contribution in [0.25, 0.3) is 0 Å². The van der Waals surface area contributed by atoms with Crippen molar-refractivity contribution in [3.05, 3.63) is 0 Å². The highest BCUT2D eigenvalue weighted by atomic mass is 32.2.